The molecule has 1 amide bonds. The Labute approximate surface area is 109 Å². The van der Waals surface area contributed by atoms with Crippen LogP contribution in [-0.2, 0) is 29.0 Å². The molecule has 1 aromatic heterocycles. The van der Waals surface area contributed by atoms with Crippen LogP contribution in [0.25, 0.3) is 0 Å². The lowest BCUT2D eigenvalue weighted by Crippen LogP contribution is -2.25. The maximum atomic E-state index is 11.7. The van der Waals surface area contributed by atoms with E-state index in [2.05, 4.69) is 11.4 Å². The summed E-state index contributed by atoms with van der Waals surface area (Å²) in [5.74, 6) is -1.74. The molecule has 0 saturated heterocycles. The molecule has 2 N–H and O–H groups in total. The molecule has 1 aromatic rings. The van der Waals surface area contributed by atoms with Gasteiger partial charge in [-0.1, -0.05) is 0 Å². The van der Waals surface area contributed by atoms with Gasteiger partial charge in [-0.05, 0) is 37.3 Å². The van der Waals surface area contributed by atoms with Gasteiger partial charge in [-0.15, -0.1) is 11.3 Å². The largest absolute Gasteiger partial charge is 0.481 e. The molecule has 2 aliphatic carbocycles. The predicted molar refractivity (Wildman–Crippen MR) is 67.4 cm³/mol. The first kappa shape index (κ1) is 11.7. The van der Waals surface area contributed by atoms with Crippen LogP contribution in [0.3, 0.4) is 0 Å². The number of hydrogen-bond donors (Lipinski definition) is 2. The van der Waals surface area contributed by atoms with Crippen LogP contribution in [0.2, 0.25) is 0 Å². The Morgan fingerprint density at radius 2 is 2.22 bits per heavy atom. The fourth-order valence-corrected chi connectivity index (χ4v) is 3.74. The molecule has 0 spiro atoms. The highest BCUT2D eigenvalue weighted by Gasteiger charge is 2.48. The third-order valence-electron chi connectivity index (χ3n) is 3.68. The molecule has 4 nitrogen and oxygen atoms in total. The molecule has 0 radical (unpaired) electrons. The molecule has 96 valence electrons. The first-order chi connectivity index (χ1) is 8.65. The summed E-state index contributed by atoms with van der Waals surface area (Å²) < 4.78 is 0. The summed E-state index contributed by atoms with van der Waals surface area (Å²) in [7, 11) is 0. The second-order valence-corrected chi connectivity index (χ2v) is 6.24. The van der Waals surface area contributed by atoms with Crippen molar-refractivity contribution in [2.24, 2.45) is 11.8 Å². The maximum absolute atomic E-state index is 11.7. The second-order valence-electron chi connectivity index (χ2n) is 5.02. The van der Waals surface area contributed by atoms with E-state index >= 15 is 0 Å². The van der Waals surface area contributed by atoms with Crippen molar-refractivity contribution in [3.63, 3.8) is 0 Å². The summed E-state index contributed by atoms with van der Waals surface area (Å²) in [6.07, 6.45) is 4.05. The Hall–Kier alpha value is -1.36. The molecule has 1 fully saturated rings. The van der Waals surface area contributed by atoms with Crippen molar-refractivity contribution >= 4 is 23.2 Å². The van der Waals surface area contributed by atoms with Gasteiger partial charge >= 0.3 is 5.97 Å². The van der Waals surface area contributed by atoms with E-state index in [4.69, 9.17) is 5.11 Å². The van der Waals surface area contributed by atoms with Crippen LogP contribution in [0.4, 0.5) is 0 Å². The molecule has 1 heterocycles. The number of carboxylic acids is 1. The summed E-state index contributed by atoms with van der Waals surface area (Å²) >= 11 is 1.77. The van der Waals surface area contributed by atoms with Crippen molar-refractivity contribution < 1.29 is 14.7 Å². The first-order valence-corrected chi connectivity index (χ1v) is 7.08. The number of hydrogen-bond acceptors (Lipinski definition) is 3. The Morgan fingerprint density at radius 3 is 2.89 bits per heavy atom. The SMILES string of the molecule is O=C(O)C1CC1C(=O)NCc1cc2c(s1)CCC2. The predicted octanol–water partition coefficient (Wildman–Crippen LogP) is 1.57. The van der Waals surface area contributed by atoms with E-state index in [0.29, 0.717) is 13.0 Å². The minimum atomic E-state index is -0.856. The molecule has 18 heavy (non-hydrogen) atoms. The van der Waals surface area contributed by atoms with Crippen molar-refractivity contribution in [1.29, 1.82) is 0 Å². The quantitative estimate of drug-likeness (QED) is 0.868. The van der Waals surface area contributed by atoms with E-state index in [1.807, 2.05) is 0 Å². The maximum Gasteiger partial charge on any atom is 0.307 e. The van der Waals surface area contributed by atoms with Gasteiger partial charge in [-0.2, -0.15) is 0 Å². The van der Waals surface area contributed by atoms with Gasteiger partial charge in [0.1, 0.15) is 0 Å². The standard InChI is InChI=1S/C13H15NO3S/c15-12(9-5-10(9)13(16)17)14-6-8-4-7-2-1-3-11(7)18-8/h4,9-10H,1-3,5-6H2,(H,14,15)(H,16,17). The lowest BCUT2D eigenvalue weighted by Gasteiger charge is -2.02. The summed E-state index contributed by atoms with van der Waals surface area (Å²) in [6.45, 7) is 0.541. The Morgan fingerprint density at radius 1 is 1.39 bits per heavy atom. The highest BCUT2D eigenvalue weighted by atomic mass is 32.1. The molecule has 0 aliphatic heterocycles. The van der Waals surface area contributed by atoms with Gasteiger partial charge in [0.15, 0.2) is 0 Å². The number of carbonyl (C=O) groups is 2. The molecule has 2 atom stereocenters. The van der Waals surface area contributed by atoms with Crippen molar-refractivity contribution in [1.82, 2.24) is 5.32 Å². The minimum absolute atomic E-state index is 0.115. The zero-order valence-corrected chi connectivity index (χ0v) is 10.8. The van der Waals surface area contributed by atoms with Crippen molar-refractivity contribution in [3.8, 4) is 0 Å². The van der Waals surface area contributed by atoms with Crippen LogP contribution in [0.15, 0.2) is 6.07 Å². The summed E-state index contributed by atoms with van der Waals surface area (Å²) in [4.78, 5) is 25.0. The van der Waals surface area contributed by atoms with Crippen LogP contribution < -0.4 is 5.32 Å². The van der Waals surface area contributed by atoms with Crippen LogP contribution >= 0.6 is 11.3 Å². The summed E-state index contributed by atoms with van der Waals surface area (Å²) in [6, 6.07) is 2.18. The molecule has 0 bridgehead atoms. The molecule has 5 heteroatoms. The van der Waals surface area contributed by atoms with Crippen LogP contribution in [0.5, 0.6) is 0 Å². The van der Waals surface area contributed by atoms with Crippen molar-refractivity contribution in [2.45, 2.75) is 32.2 Å². The number of nitrogens with one attached hydrogen (secondary N) is 1. The Bertz CT molecular complexity index is 487. The number of rotatable bonds is 4. The van der Waals surface area contributed by atoms with E-state index in [1.165, 1.54) is 21.7 Å². The number of fused-ring (bicyclic) bond motifs is 1. The third kappa shape index (κ3) is 2.14. The molecular formula is C13H15NO3S. The van der Waals surface area contributed by atoms with Gasteiger partial charge in [0.25, 0.3) is 0 Å². The topological polar surface area (TPSA) is 66.4 Å². The molecular weight excluding hydrogens is 250 g/mol. The van der Waals surface area contributed by atoms with Gasteiger partial charge < -0.3 is 10.4 Å². The van der Waals surface area contributed by atoms with Crippen LogP contribution in [0, 0.1) is 11.8 Å². The highest BCUT2D eigenvalue weighted by Crippen LogP contribution is 2.38. The Kier molecular flexibility index (Phi) is 2.86. The van der Waals surface area contributed by atoms with Gasteiger partial charge in [-0.3, -0.25) is 9.59 Å². The first-order valence-electron chi connectivity index (χ1n) is 6.26. The zero-order chi connectivity index (χ0) is 12.7. The highest BCUT2D eigenvalue weighted by molar-refractivity contribution is 7.12. The molecule has 3 rings (SSSR count). The van der Waals surface area contributed by atoms with E-state index in [1.54, 1.807) is 11.3 Å². The zero-order valence-electron chi connectivity index (χ0n) is 9.94. The fraction of sp³-hybridized carbons (Fsp3) is 0.538. The van der Waals surface area contributed by atoms with Gasteiger partial charge in [0, 0.05) is 9.75 Å². The average Bonchev–Trinajstić information content (AvgIpc) is 2.87. The lowest BCUT2D eigenvalue weighted by molar-refractivity contribution is -0.140. The van der Waals surface area contributed by atoms with Gasteiger partial charge in [-0.25, -0.2) is 0 Å². The lowest BCUT2D eigenvalue weighted by atomic mass is 10.2. The fourth-order valence-electron chi connectivity index (χ4n) is 2.54. The van der Waals surface area contributed by atoms with E-state index in [9.17, 15) is 9.59 Å². The normalized spacial score (nSPS) is 24.7. The monoisotopic (exact) mass is 265 g/mol. The number of carboxylic acid groups (broad SMARTS) is 1. The molecule has 0 aromatic carbocycles. The smallest absolute Gasteiger partial charge is 0.307 e. The number of carbonyl (C=O) groups excluding carboxylic acids is 1. The number of amides is 1. The average molecular weight is 265 g/mol. The van der Waals surface area contributed by atoms with E-state index in [-0.39, 0.29) is 11.8 Å². The summed E-state index contributed by atoms with van der Waals surface area (Å²) in [5, 5.41) is 11.6. The van der Waals surface area contributed by atoms with Crippen molar-refractivity contribution in [2.75, 3.05) is 0 Å². The molecule has 1 saturated carbocycles. The second kappa shape index (κ2) is 4.39. The van der Waals surface area contributed by atoms with Crippen LogP contribution in [0.1, 0.15) is 28.2 Å². The Balaban J connectivity index is 1.52. The van der Waals surface area contributed by atoms with E-state index in [0.717, 1.165) is 12.8 Å². The van der Waals surface area contributed by atoms with Gasteiger partial charge in [0.05, 0.1) is 18.4 Å². The van der Waals surface area contributed by atoms with Crippen molar-refractivity contribution in [3.05, 3.63) is 21.4 Å². The molecule has 2 unspecified atom stereocenters. The minimum Gasteiger partial charge on any atom is -0.481 e. The third-order valence-corrected chi connectivity index (χ3v) is 4.92. The number of thiophene rings is 1. The van der Waals surface area contributed by atoms with E-state index < -0.39 is 11.9 Å². The molecule has 2 aliphatic rings. The number of aliphatic carboxylic acids is 1. The summed E-state index contributed by atoms with van der Waals surface area (Å²) in [5.41, 5.74) is 1.43. The number of aryl methyl sites for hydroxylation is 2. The van der Waals surface area contributed by atoms with Crippen LogP contribution in [-0.4, -0.2) is 17.0 Å². The van der Waals surface area contributed by atoms with Gasteiger partial charge in [0.2, 0.25) is 5.91 Å².